The van der Waals surface area contributed by atoms with Crippen LogP contribution in [0.5, 0.6) is 11.5 Å². The molecule has 0 saturated heterocycles. The maximum atomic E-state index is 12.7. The van der Waals surface area contributed by atoms with E-state index >= 15 is 0 Å². The number of carbonyl (C=O) groups excluding carboxylic acids is 2. The fourth-order valence-electron chi connectivity index (χ4n) is 2.73. The van der Waals surface area contributed by atoms with Crippen molar-refractivity contribution in [3.63, 3.8) is 0 Å². The van der Waals surface area contributed by atoms with Gasteiger partial charge in [0.1, 0.15) is 0 Å². The highest BCUT2D eigenvalue weighted by molar-refractivity contribution is 5.95. The number of nitrogens with one attached hydrogen (secondary N) is 2. The maximum Gasteiger partial charge on any atom is 0.338 e. The molecule has 1 aromatic carbocycles. The Labute approximate surface area is 161 Å². The Hall–Kier alpha value is -3.30. The number of hydrogen-bond acceptors (Lipinski definition) is 7. The van der Waals surface area contributed by atoms with Gasteiger partial charge in [0.05, 0.1) is 29.2 Å². The summed E-state index contributed by atoms with van der Waals surface area (Å²) >= 11 is 0. The molecule has 1 aliphatic rings. The van der Waals surface area contributed by atoms with E-state index in [9.17, 15) is 24.8 Å². The van der Waals surface area contributed by atoms with Crippen molar-refractivity contribution in [2.75, 3.05) is 6.61 Å². The minimum absolute atomic E-state index is 0.113. The van der Waals surface area contributed by atoms with Crippen LogP contribution in [0.25, 0.3) is 0 Å². The SMILES string of the molecule is CCOc1cc([C@H]2NC(=O)NC(C)=C2C(=O)O[C@@H](C)CC)cc([N+](=O)[O-])c1O. The van der Waals surface area contributed by atoms with Gasteiger partial charge in [-0.2, -0.15) is 0 Å². The number of nitro benzene ring substituents is 1. The summed E-state index contributed by atoms with van der Waals surface area (Å²) in [4.78, 5) is 35.2. The molecule has 2 atom stereocenters. The van der Waals surface area contributed by atoms with Crippen LogP contribution in [-0.2, 0) is 9.53 Å². The average Bonchev–Trinajstić information content (AvgIpc) is 2.62. The predicted molar refractivity (Wildman–Crippen MR) is 98.9 cm³/mol. The summed E-state index contributed by atoms with van der Waals surface area (Å²) < 4.78 is 10.6. The van der Waals surface area contributed by atoms with E-state index in [1.165, 1.54) is 13.0 Å². The van der Waals surface area contributed by atoms with Gasteiger partial charge in [-0.15, -0.1) is 0 Å². The number of rotatable bonds is 7. The van der Waals surface area contributed by atoms with Crippen molar-refractivity contribution >= 4 is 17.7 Å². The molecule has 1 heterocycles. The van der Waals surface area contributed by atoms with Crippen LogP contribution in [0.15, 0.2) is 23.4 Å². The lowest BCUT2D eigenvalue weighted by molar-refractivity contribution is -0.386. The van der Waals surface area contributed by atoms with Crippen molar-refractivity contribution in [2.24, 2.45) is 0 Å². The molecule has 0 saturated carbocycles. The molecule has 0 fully saturated rings. The molecule has 0 aromatic heterocycles. The third-order valence-corrected chi connectivity index (χ3v) is 4.28. The number of allylic oxidation sites excluding steroid dienone is 1. The third-order valence-electron chi connectivity index (χ3n) is 4.28. The molecule has 1 aliphatic heterocycles. The summed E-state index contributed by atoms with van der Waals surface area (Å²) in [5.41, 5.74) is -0.00245. The highest BCUT2D eigenvalue weighted by Crippen LogP contribution is 2.40. The summed E-state index contributed by atoms with van der Waals surface area (Å²) in [6.45, 7) is 6.94. The van der Waals surface area contributed by atoms with Gasteiger partial charge < -0.3 is 25.2 Å². The van der Waals surface area contributed by atoms with Gasteiger partial charge in [0.15, 0.2) is 5.75 Å². The Balaban J connectivity index is 2.58. The lowest BCUT2D eigenvalue weighted by Gasteiger charge is -2.29. The molecule has 10 heteroatoms. The van der Waals surface area contributed by atoms with Gasteiger partial charge >= 0.3 is 17.7 Å². The Morgan fingerprint density at radius 3 is 2.64 bits per heavy atom. The Morgan fingerprint density at radius 2 is 2.07 bits per heavy atom. The first kappa shape index (κ1) is 21.0. The Kier molecular flexibility index (Phi) is 6.45. The van der Waals surface area contributed by atoms with Crippen molar-refractivity contribution in [3.8, 4) is 11.5 Å². The van der Waals surface area contributed by atoms with Crippen molar-refractivity contribution in [3.05, 3.63) is 39.1 Å². The van der Waals surface area contributed by atoms with Gasteiger partial charge in [0.25, 0.3) is 0 Å². The molecule has 10 nitrogen and oxygen atoms in total. The van der Waals surface area contributed by atoms with Crippen LogP contribution < -0.4 is 15.4 Å². The highest BCUT2D eigenvalue weighted by atomic mass is 16.6. The molecule has 0 aliphatic carbocycles. The number of phenolic OH excluding ortho intramolecular Hbond substituents is 1. The number of ether oxygens (including phenoxy) is 2. The predicted octanol–water partition coefficient (Wildman–Crippen LogP) is 2.67. The summed E-state index contributed by atoms with van der Waals surface area (Å²) in [5, 5.41) is 26.5. The van der Waals surface area contributed by atoms with Crippen LogP contribution in [0.4, 0.5) is 10.5 Å². The van der Waals surface area contributed by atoms with Crippen molar-refractivity contribution in [1.82, 2.24) is 10.6 Å². The van der Waals surface area contributed by atoms with Crippen LogP contribution in [0, 0.1) is 10.1 Å². The molecule has 2 rings (SSSR count). The molecular weight excluding hydrogens is 370 g/mol. The van der Waals surface area contributed by atoms with E-state index in [2.05, 4.69) is 10.6 Å². The summed E-state index contributed by atoms with van der Waals surface area (Å²) in [5.74, 6) is -1.40. The second kappa shape index (κ2) is 8.59. The molecule has 1 aromatic rings. The molecule has 0 spiro atoms. The number of nitrogens with zero attached hydrogens (tertiary/aromatic N) is 1. The van der Waals surface area contributed by atoms with E-state index in [0.717, 1.165) is 6.07 Å². The van der Waals surface area contributed by atoms with E-state index in [1.807, 2.05) is 6.92 Å². The fourth-order valence-corrected chi connectivity index (χ4v) is 2.73. The zero-order valence-corrected chi connectivity index (χ0v) is 16.1. The van der Waals surface area contributed by atoms with E-state index in [-0.39, 0.29) is 35.3 Å². The van der Waals surface area contributed by atoms with Crippen LogP contribution in [0.2, 0.25) is 0 Å². The van der Waals surface area contributed by atoms with Gasteiger partial charge in [0.2, 0.25) is 5.75 Å². The zero-order valence-electron chi connectivity index (χ0n) is 16.1. The van der Waals surface area contributed by atoms with E-state index in [1.54, 1.807) is 13.8 Å². The number of nitro groups is 1. The smallest absolute Gasteiger partial charge is 0.338 e. The zero-order chi connectivity index (χ0) is 21.0. The summed E-state index contributed by atoms with van der Waals surface area (Å²) in [6.07, 6.45) is 0.251. The number of urea groups is 1. The number of carbonyl (C=O) groups is 2. The van der Waals surface area contributed by atoms with Crippen LogP contribution in [-0.4, -0.2) is 34.7 Å². The first-order chi connectivity index (χ1) is 13.2. The van der Waals surface area contributed by atoms with Gasteiger partial charge in [-0.25, -0.2) is 9.59 Å². The lowest BCUT2D eigenvalue weighted by atomic mass is 9.94. The molecule has 0 bridgehead atoms. The molecule has 28 heavy (non-hydrogen) atoms. The molecule has 0 unspecified atom stereocenters. The first-order valence-corrected chi connectivity index (χ1v) is 8.82. The standard InChI is InChI=1S/C18H23N3O7/c1-5-9(3)28-17(23)14-10(4)19-18(24)20-15(14)11-7-12(21(25)26)16(22)13(8-11)27-6-2/h7-9,15,22H,5-6H2,1-4H3,(H2,19,20,24)/t9-,15+/m0/s1. The van der Waals surface area contributed by atoms with Gasteiger partial charge in [-0.3, -0.25) is 10.1 Å². The Bertz CT molecular complexity index is 835. The van der Waals surface area contributed by atoms with Crippen LogP contribution in [0.1, 0.15) is 45.7 Å². The minimum Gasteiger partial charge on any atom is -0.500 e. The van der Waals surface area contributed by atoms with Gasteiger partial charge in [-0.1, -0.05) is 6.92 Å². The second-order valence-electron chi connectivity index (χ2n) is 6.27. The van der Waals surface area contributed by atoms with Crippen molar-refractivity contribution in [1.29, 1.82) is 0 Å². The normalized spacial score (nSPS) is 17.4. The quantitative estimate of drug-likeness (QED) is 0.367. The van der Waals surface area contributed by atoms with Crippen LogP contribution >= 0.6 is 0 Å². The van der Waals surface area contributed by atoms with Crippen molar-refractivity contribution < 1.29 is 29.1 Å². The summed E-state index contributed by atoms with van der Waals surface area (Å²) in [6, 6.07) is 0.865. The monoisotopic (exact) mass is 393 g/mol. The van der Waals surface area contributed by atoms with E-state index < -0.39 is 34.4 Å². The Morgan fingerprint density at radius 1 is 1.39 bits per heavy atom. The average molecular weight is 393 g/mol. The number of benzene rings is 1. The largest absolute Gasteiger partial charge is 0.500 e. The van der Waals surface area contributed by atoms with Crippen molar-refractivity contribution in [2.45, 2.75) is 46.3 Å². The lowest BCUT2D eigenvalue weighted by Crippen LogP contribution is -2.45. The summed E-state index contributed by atoms with van der Waals surface area (Å²) in [7, 11) is 0. The second-order valence-corrected chi connectivity index (χ2v) is 6.27. The third kappa shape index (κ3) is 4.33. The first-order valence-electron chi connectivity index (χ1n) is 8.82. The minimum atomic E-state index is -1.01. The molecule has 2 amide bonds. The number of amides is 2. The maximum absolute atomic E-state index is 12.7. The fraction of sp³-hybridized carbons (Fsp3) is 0.444. The number of phenols is 1. The van der Waals surface area contributed by atoms with Crippen LogP contribution in [0.3, 0.4) is 0 Å². The number of esters is 1. The van der Waals surface area contributed by atoms with E-state index in [0.29, 0.717) is 6.42 Å². The number of aromatic hydroxyl groups is 1. The highest BCUT2D eigenvalue weighted by Gasteiger charge is 2.35. The molecule has 3 N–H and O–H groups in total. The number of hydrogen-bond donors (Lipinski definition) is 3. The van der Waals surface area contributed by atoms with E-state index in [4.69, 9.17) is 9.47 Å². The topological polar surface area (TPSA) is 140 Å². The molecule has 0 radical (unpaired) electrons. The van der Waals surface area contributed by atoms with Gasteiger partial charge in [-0.05, 0) is 38.8 Å². The van der Waals surface area contributed by atoms with Gasteiger partial charge in [0, 0.05) is 11.8 Å². The molecule has 152 valence electrons. The molecular formula is C18H23N3O7.